The van der Waals surface area contributed by atoms with Crippen LogP contribution in [-0.4, -0.2) is 19.8 Å². The van der Waals surface area contributed by atoms with Crippen molar-refractivity contribution in [1.29, 1.82) is 0 Å². The summed E-state index contributed by atoms with van der Waals surface area (Å²) in [5.74, 6) is 0.321. The molecule has 106 valence electrons. The smallest absolute Gasteiger partial charge is 0.124 e. The van der Waals surface area contributed by atoms with E-state index in [-0.39, 0.29) is 11.9 Å². The average molecular weight is 377 g/mol. The molecule has 2 nitrogen and oxygen atoms in total. The van der Waals surface area contributed by atoms with Gasteiger partial charge in [0.1, 0.15) is 5.82 Å². The first kappa shape index (κ1) is 15.2. The average Bonchev–Trinajstić information content (AvgIpc) is 2.42. The summed E-state index contributed by atoms with van der Waals surface area (Å²) in [6.45, 7) is 4.82. The van der Waals surface area contributed by atoms with Crippen LogP contribution in [0.3, 0.4) is 0 Å². The van der Waals surface area contributed by atoms with Gasteiger partial charge in [-0.05, 0) is 66.1 Å². The van der Waals surface area contributed by atoms with Crippen LogP contribution in [0.5, 0.6) is 0 Å². The summed E-state index contributed by atoms with van der Waals surface area (Å²) in [4.78, 5) is 0. The quantitative estimate of drug-likeness (QED) is 0.786. The summed E-state index contributed by atoms with van der Waals surface area (Å²) in [5.41, 5.74) is 1.20. The molecule has 0 spiro atoms. The van der Waals surface area contributed by atoms with Gasteiger partial charge >= 0.3 is 0 Å². The zero-order valence-corrected chi connectivity index (χ0v) is 13.5. The second-order valence-electron chi connectivity index (χ2n) is 5.07. The van der Waals surface area contributed by atoms with Gasteiger partial charge in [-0.1, -0.05) is 13.0 Å². The fourth-order valence-corrected chi connectivity index (χ4v) is 3.43. The number of benzene rings is 1. The molecule has 1 N–H and O–H groups in total. The van der Waals surface area contributed by atoms with Gasteiger partial charge in [0.25, 0.3) is 0 Å². The van der Waals surface area contributed by atoms with Crippen molar-refractivity contribution < 1.29 is 9.13 Å². The van der Waals surface area contributed by atoms with E-state index in [0.29, 0.717) is 5.92 Å². The molecule has 0 saturated carbocycles. The summed E-state index contributed by atoms with van der Waals surface area (Å²) < 4.78 is 19.9. The van der Waals surface area contributed by atoms with E-state index in [1.165, 1.54) is 12.0 Å². The van der Waals surface area contributed by atoms with Crippen molar-refractivity contribution in [3.05, 3.63) is 33.1 Å². The number of rotatable bonds is 5. The van der Waals surface area contributed by atoms with Crippen molar-refractivity contribution in [1.82, 2.24) is 5.32 Å². The highest BCUT2D eigenvalue weighted by Crippen LogP contribution is 2.31. The van der Waals surface area contributed by atoms with E-state index in [4.69, 9.17) is 4.74 Å². The maximum atomic E-state index is 13.3. The summed E-state index contributed by atoms with van der Waals surface area (Å²) in [6.07, 6.45) is 3.39. The van der Waals surface area contributed by atoms with Crippen LogP contribution < -0.4 is 5.32 Å². The second kappa shape index (κ2) is 7.55. The normalized spacial score (nSPS) is 21.3. The Hall–Kier alpha value is -0.200. The fraction of sp³-hybridized carbons (Fsp3) is 0.600. The highest BCUT2D eigenvalue weighted by molar-refractivity contribution is 14.1. The molecule has 1 aromatic rings. The van der Waals surface area contributed by atoms with E-state index in [9.17, 15) is 4.39 Å². The topological polar surface area (TPSA) is 21.3 Å². The van der Waals surface area contributed by atoms with Gasteiger partial charge in [0.05, 0.1) is 6.61 Å². The van der Waals surface area contributed by atoms with Gasteiger partial charge in [0.2, 0.25) is 0 Å². The van der Waals surface area contributed by atoms with E-state index in [0.717, 1.165) is 36.2 Å². The minimum Gasteiger partial charge on any atom is -0.381 e. The Labute approximate surface area is 128 Å². The third-order valence-electron chi connectivity index (χ3n) is 3.58. The van der Waals surface area contributed by atoms with E-state index < -0.39 is 0 Å². The van der Waals surface area contributed by atoms with Gasteiger partial charge in [-0.2, -0.15) is 0 Å². The van der Waals surface area contributed by atoms with Crippen molar-refractivity contribution in [2.75, 3.05) is 19.8 Å². The summed E-state index contributed by atoms with van der Waals surface area (Å²) in [5, 5.41) is 3.61. The molecule has 4 heteroatoms. The van der Waals surface area contributed by atoms with Crippen molar-refractivity contribution in [3.63, 3.8) is 0 Å². The molecule has 2 unspecified atom stereocenters. The predicted molar refractivity (Wildman–Crippen MR) is 83.7 cm³/mol. The number of halogens is 2. The lowest BCUT2D eigenvalue weighted by atomic mass is 9.88. The molecule has 0 amide bonds. The minimum absolute atomic E-state index is 0.165. The van der Waals surface area contributed by atoms with Crippen LogP contribution in [-0.2, 0) is 4.74 Å². The molecule has 1 fully saturated rings. The Kier molecular flexibility index (Phi) is 6.04. The highest BCUT2D eigenvalue weighted by atomic mass is 127. The van der Waals surface area contributed by atoms with Crippen LogP contribution in [0, 0.1) is 15.3 Å². The lowest BCUT2D eigenvalue weighted by Crippen LogP contribution is -2.34. The number of hydrogen-bond donors (Lipinski definition) is 1. The van der Waals surface area contributed by atoms with Gasteiger partial charge in [0, 0.05) is 22.1 Å². The molecule has 1 aromatic carbocycles. The Balaban J connectivity index is 2.19. The first-order chi connectivity index (χ1) is 9.22. The Morgan fingerprint density at radius 3 is 3.00 bits per heavy atom. The van der Waals surface area contributed by atoms with Crippen molar-refractivity contribution in [2.24, 2.45) is 5.92 Å². The Bertz CT molecular complexity index is 407. The van der Waals surface area contributed by atoms with Crippen LogP contribution in [0.1, 0.15) is 37.8 Å². The van der Waals surface area contributed by atoms with E-state index >= 15 is 0 Å². The Morgan fingerprint density at radius 2 is 2.37 bits per heavy atom. The van der Waals surface area contributed by atoms with Crippen LogP contribution >= 0.6 is 22.6 Å². The standard InChI is InChI=1S/C15H21FINO/c1-2-7-18-15(11-4-3-8-19-10-11)13-6-5-12(16)9-14(13)17/h5-6,9,11,15,18H,2-4,7-8,10H2,1H3. The molecule has 1 aliphatic rings. The molecule has 2 rings (SSSR count). The van der Waals surface area contributed by atoms with Gasteiger partial charge in [0.15, 0.2) is 0 Å². The Morgan fingerprint density at radius 1 is 1.53 bits per heavy atom. The molecule has 1 aliphatic heterocycles. The third-order valence-corrected chi connectivity index (χ3v) is 4.51. The van der Waals surface area contributed by atoms with Crippen molar-refractivity contribution >= 4 is 22.6 Å². The zero-order valence-electron chi connectivity index (χ0n) is 11.3. The molecule has 19 heavy (non-hydrogen) atoms. The second-order valence-corrected chi connectivity index (χ2v) is 6.24. The van der Waals surface area contributed by atoms with Gasteiger partial charge in [-0.3, -0.25) is 0 Å². The molecule has 0 aromatic heterocycles. The molecule has 1 heterocycles. The summed E-state index contributed by atoms with van der Waals surface area (Å²) in [7, 11) is 0. The number of ether oxygens (including phenoxy) is 1. The van der Waals surface area contributed by atoms with E-state index in [2.05, 4.69) is 34.8 Å². The van der Waals surface area contributed by atoms with Crippen LogP contribution in [0.4, 0.5) is 4.39 Å². The molecule has 0 radical (unpaired) electrons. The third kappa shape index (κ3) is 4.13. The van der Waals surface area contributed by atoms with Crippen LogP contribution in [0.25, 0.3) is 0 Å². The molecular formula is C15H21FINO. The van der Waals surface area contributed by atoms with E-state index in [1.54, 1.807) is 12.1 Å². The molecular weight excluding hydrogens is 356 g/mol. The highest BCUT2D eigenvalue weighted by Gasteiger charge is 2.26. The first-order valence-corrected chi connectivity index (χ1v) is 8.06. The molecule has 0 bridgehead atoms. The largest absolute Gasteiger partial charge is 0.381 e. The predicted octanol–water partition coefficient (Wildman–Crippen LogP) is 3.90. The number of nitrogens with one attached hydrogen (secondary N) is 1. The molecule has 2 atom stereocenters. The maximum Gasteiger partial charge on any atom is 0.124 e. The van der Waals surface area contributed by atoms with Gasteiger partial charge in [-0.25, -0.2) is 4.39 Å². The lowest BCUT2D eigenvalue weighted by Gasteiger charge is -2.32. The summed E-state index contributed by atoms with van der Waals surface area (Å²) in [6, 6.07) is 5.36. The monoisotopic (exact) mass is 377 g/mol. The fourth-order valence-electron chi connectivity index (χ4n) is 2.61. The van der Waals surface area contributed by atoms with Crippen LogP contribution in [0.2, 0.25) is 0 Å². The van der Waals surface area contributed by atoms with Gasteiger partial charge < -0.3 is 10.1 Å². The zero-order chi connectivity index (χ0) is 13.7. The van der Waals surface area contributed by atoms with Gasteiger partial charge in [-0.15, -0.1) is 0 Å². The number of hydrogen-bond acceptors (Lipinski definition) is 2. The van der Waals surface area contributed by atoms with Crippen LogP contribution in [0.15, 0.2) is 18.2 Å². The summed E-state index contributed by atoms with van der Waals surface area (Å²) >= 11 is 2.23. The maximum absolute atomic E-state index is 13.3. The SMILES string of the molecule is CCCNC(c1ccc(F)cc1I)C1CCCOC1. The molecule has 0 aliphatic carbocycles. The van der Waals surface area contributed by atoms with Crippen molar-refractivity contribution in [2.45, 2.75) is 32.2 Å². The minimum atomic E-state index is -0.165. The van der Waals surface area contributed by atoms with Crippen molar-refractivity contribution in [3.8, 4) is 0 Å². The van der Waals surface area contributed by atoms with E-state index in [1.807, 2.05) is 6.07 Å². The lowest BCUT2D eigenvalue weighted by molar-refractivity contribution is 0.0389. The molecule has 1 saturated heterocycles. The first-order valence-electron chi connectivity index (χ1n) is 6.98.